The molecule has 10 heavy (non-hydrogen) atoms. The van der Waals surface area contributed by atoms with E-state index in [2.05, 4.69) is 20.8 Å². The van der Waals surface area contributed by atoms with Crippen LogP contribution in [-0.4, -0.2) is 22.2 Å². The number of carboxylic acid groups (broad SMARTS) is 2. The van der Waals surface area contributed by atoms with Crippen LogP contribution >= 0.6 is 11.6 Å². The maximum absolute atomic E-state index is 8.56. The average Bonchev–Trinajstić information content (AvgIpc) is 1.63. The van der Waals surface area contributed by atoms with Crippen molar-refractivity contribution in [2.45, 2.75) is 20.8 Å². The Balaban J connectivity index is 0. The topological polar surface area (TPSA) is 57.5 Å². The van der Waals surface area contributed by atoms with Gasteiger partial charge in [0.2, 0.25) is 0 Å². The predicted octanol–water partition coefficient (Wildman–Crippen LogP) is 2.49. The lowest BCUT2D eigenvalue weighted by atomic mass is 10.0. The van der Waals surface area contributed by atoms with Gasteiger partial charge in [0.25, 0.3) is 0 Å². The monoisotopic (exact) mass is 168 g/mol. The van der Waals surface area contributed by atoms with Gasteiger partial charge in [-0.25, -0.2) is 4.79 Å². The van der Waals surface area contributed by atoms with Crippen LogP contribution in [0.25, 0.3) is 0 Å². The lowest BCUT2D eigenvalue weighted by molar-refractivity contribution is 0.137. The lowest BCUT2D eigenvalue weighted by Crippen LogP contribution is -2.05. The van der Waals surface area contributed by atoms with Crippen molar-refractivity contribution in [3.8, 4) is 0 Å². The van der Waals surface area contributed by atoms with Crippen LogP contribution in [0, 0.1) is 5.41 Å². The molecule has 0 amide bonds. The fourth-order valence-electron chi connectivity index (χ4n) is 0. The molecule has 0 saturated carbocycles. The zero-order valence-corrected chi connectivity index (χ0v) is 7.14. The van der Waals surface area contributed by atoms with Crippen LogP contribution in [0.4, 0.5) is 4.79 Å². The molecule has 0 aliphatic rings. The second-order valence-electron chi connectivity index (χ2n) is 2.98. The Bertz CT molecular complexity index is 91.7. The Morgan fingerprint density at radius 3 is 1.50 bits per heavy atom. The minimum absolute atomic E-state index is 0.307. The molecule has 0 fully saturated rings. The fraction of sp³-hybridized carbons (Fsp3) is 0.833. The third-order valence-corrected chi connectivity index (χ3v) is 1.20. The van der Waals surface area contributed by atoms with Gasteiger partial charge in [-0.1, -0.05) is 20.8 Å². The third-order valence-electron chi connectivity index (χ3n) is 0.401. The van der Waals surface area contributed by atoms with E-state index in [1.165, 1.54) is 0 Å². The van der Waals surface area contributed by atoms with Crippen molar-refractivity contribution in [2.24, 2.45) is 5.41 Å². The van der Waals surface area contributed by atoms with Gasteiger partial charge in [0, 0.05) is 5.88 Å². The minimum Gasteiger partial charge on any atom is -0.450 e. The molecule has 0 rings (SSSR count). The molecule has 62 valence electrons. The Morgan fingerprint density at radius 1 is 1.40 bits per heavy atom. The summed E-state index contributed by atoms with van der Waals surface area (Å²) in [7, 11) is 0. The summed E-state index contributed by atoms with van der Waals surface area (Å²) in [5.74, 6) is 0.743. The molecule has 0 radical (unpaired) electrons. The van der Waals surface area contributed by atoms with Gasteiger partial charge in [0.15, 0.2) is 0 Å². The second-order valence-corrected chi connectivity index (χ2v) is 3.24. The van der Waals surface area contributed by atoms with Gasteiger partial charge in [-0.3, -0.25) is 0 Å². The van der Waals surface area contributed by atoms with E-state index in [1.54, 1.807) is 0 Å². The van der Waals surface area contributed by atoms with Crippen molar-refractivity contribution in [1.82, 2.24) is 0 Å². The molecule has 0 aromatic carbocycles. The smallest absolute Gasteiger partial charge is 0.450 e. The number of carbonyl (C=O) groups is 1. The number of hydrogen-bond acceptors (Lipinski definition) is 1. The quantitative estimate of drug-likeness (QED) is 0.547. The van der Waals surface area contributed by atoms with E-state index in [9.17, 15) is 0 Å². The van der Waals surface area contributed by atoms with Crippen molar-refractivity contribution in [1.29, 1.82) is 0 Å². The molecule has 0 atom stereocenters. The van der Waals surface area contributed by atoms with Gasteiger partial charge in [-0.15, -0.1) is 11.6 Å². The first-order valence-corrected chi connectivity index (χ1v) is 3.31. The van der Waals surface area contributed by atoms with Gasteiger partial charge >= 0.3 is 6.16 Å². The molecular formula is C6H13ClO3. The summed E-state index contributed by atoms with van der Waals surface area (Å²) < 4.78 is 0. The highest BCUT2D eigenvalue weighted by Crippen LogP contribution is 2.13. The van der Waals surface area contributed by atoms with Crippen LogP contribution in [-0.2, 0) is 0 Å². The maximum Gasteiger partial charge on any atom is 0.503 e. The summed E-state index contributed by atoms with van der Waals surface area (Å²) in [4.78, 5) is 8.56. The molecule has 2 N–H and O–H groups in total. The molecule has 0 heterocycles. The van der Waals surface area contributed by atoms with E-state index in [0.717, 1.165) is 5.88 Å². The number of rotatable bonds is 0. The Kier molecular flexibility index (Phi) is 6.56. The first kappa shape index (κ1) is 12.3. The summed E-state index contributed by atoms with van der Waals surface area (Å²) in [5.41, 5.74) is 0.307. The average molecular weight is 169 g/mol. The molecule has 3 nitrogen and oxygen atoms in total. The lowest BCUT2D eigenvalue weighted by Gasteiger charge is -2.10. The zero-order chi connectivity index (χ0) is 8.78. The van der Waals surface area contributed by atoms with Crippen LogP contribution in [0.15, 0.2) is 0 Å². The molecule has 0 aromatic rings. The predicted molar refractivity (Wildman–Crippen MR) is 40.8 cm³/mol. The maximum atomic E-state index is 8.56. The summed E-state index contributed by atoms with van der Waals surface area (Å²) in [6, 6.07) is 0. The van der Waals surface area contributed by atoms with Gasteiger partial charge in [0.05, 0.1) is 0 Å². The molecule has 4 heteroatoms. The Morgan fingerprint density at radius 2 is 1.50 bits per heavy atom. The number of hydrogen-bond donors (Lipinski definition) is 2. The van der Waals surface area contributed by atoms with Crippen LogP contribution in [0.1, 0.15) is 20.8 Å². The van der Waals surface area contributed by atoms with Gasteiger partial charge < -0.3 is 10.2 Å². The molecule has 0 aliphatic carbocycles. The van der Waals surface area contributed by atoms with Gasteiger partial charge in [-0.2, -0.15) is 0 Å². The van der Waals surface area contributed by atoms with E-state index in [1.807, 2.05) is 0 Å². The summed E-state index contributed by atoms with van der Waals surface area (Å²) in [6.07, 6.45) is -1.83. The van der Waals surface area contributed by atoms with E-state index < -0.39 is 6.16 Å². The molecule has 0 saturated heterocycles. The molecule has 0 unspecified atom stereocenters. The first-order valence-electron chi connectivity index (χ1n) is 2.77. The molecule has 0 aromatic heterocycles. The van der Waals surface area contributed by atoms with Crippen molar-refractivity contribution in [3.05, 3.63) is 0 Å². The standard InChI is InChI=1S/C5H11Cl.CH2O3/c1-5(2,3)4-6;2-1(3)4/h4H2,1-3H3;(H2,2,3,4). The van der Waals surface area contributed by atoms with E-state index in [4.69, 9.17) is 26.6 Å². The Labute approximate surface area is 65.6 Å². The zero-order valence-electron chi connectivity index (χ0n) is 6.39. The molecular weight excluding hydrogens is 156 g/mol. The summed E-state index contributed by atoms with van der Waals surface area (Å²) in [6.45, 7) is 6.33. The van der Waals surface area contributed by atoms with Crippen LogP contribution in [0.3, 0.4) is 0 Å². The van der Waals surface area contributed by atoms with Crippen LogP contribution in [0.2, 0.25) is 0 Å². The van der Waals surface area contributed by atoms with E-state index in [0.29, 0.717) is 5.41 Å². The fourth-order valence-corrected chi connectivity index (χ4v) is 0. The third kappa shape index (κ3) is 49.6. The van der Waals surface area contributed by atoms with Crippen molar-refractivity contribution in [3.63, 3.8) is 0 Å². The minimum atomic E-state index is -1.83. The highest BCUT2D eigenvalue weighted by molar-refractivity contribution is 6.18. The highest BCUT2D eigenvalue weighted by atomic mass is 35.5. The molecule has 0 spiro atoms. The van der Waals surface area contributed by atoms with Gasteiger partial charge in [0.1, 0.15) is 0 Å². The Hall–Kier alpha value is -0.440. The summed E-state index contributed by atoms with van der Waals surface area (Å²) in [5, 5.41) is 13.9. The second kappa shape index (κ2) is 5.35. The van der Waals surface area contributed by atoms with Crippen molar-refractivity contribution < 1.29 is 15.0 Å². The van der Waals surface area contributed by atoms with E-state index >= 15 is 0 Å². The van der Waals surface area contributed by atoms with Crippen LogP contribution < -0.4 is 0 Å². The SMILES string of the molecule is CC(C)(C)CCl.O=C(O)O. The molecule has 0 bridgehead atoms. The van der Waals surface area contributed by atoms with Gasteiger partial charge in [-0.05, 0) is 5.41 Å². The normalized spacial score (nSPS) is 9.60. The summed E-state index contributed by atoms with van der Waals surface area (Å²) >= 11 is 5.48. The first-order chi connectivity index (χ1) is 4.29. The largest absolute Gasteiger partial charge is 0.503 e. The number of halogens is 1. The highest BCUT2D eigenvalue weighted by Gasteiger charge is 2.05. The molecule has 0 aliphatic heterocycles. The van der Waals surface area contributed by atoms with Crippen LogP contribution in [0.5, 0.6) is 0 Å². The van der Waals surface area contributed by atoms with Crippen molar-refractivity contribution in [2.75, 3.05) is 5.88 Å². The van der Waals surface area contributed by atoms with E-state index in [-0.39, 0.29) is 0 Å². The number of alkyl halides is 1. The van der Waals surface area contributed by atoms with Crippen molar-refractivity contribution >= 4 is 17.8 Å².